The zero-order valence-electron chi connectivity index (χ0n) is 22.4. The van der Waals surface area contributed by atoms with E-state index in [9.17, 15) is 26.4 Å². The summed E-state index contributed by atoms with van der Waals surface area (Å²) in [7, 11) is -4.00. The van der Waals surface area contributed by atoms with Gasteiger partial charge in [-0.15, -0.1) is 0 Å². The van der Waals surface area contributed by atoms with Gasteiger partial charge in [-0.1, -0.05) is 47.2 Å². The van der Waals surface area contributed by atoms with E-state index in [-0.39, 0.29) is 33.6 Å². The molecule has 1 atom stereocenters. The first-order valence-corrected chi connectivity index (χ1v) is 14.6. The van der Waals surface area contributed by atoms with Crippen molar-refractivity contribution in [3.05, 3.63) is 63.8 Å². The highest BCUT2D eigenvalue weighted by Gasteiger charge is 2.36. The van der Waals surface area contributed by atoms with E-state index in [0.717, 1.165) is 6.26 Å². The van der Waals surface area contributed by atoms with Crippen molar-refractivity contribution in [3.8, 4) is 28.8 Å². The molecule has 3 N–H and O–H groups in total. The van der Waals surface area contributed by atoms with E-state index in [1.165, 1.54) is 16.8 Å². The number of nitrogens with zero attached hydrogens (tertiary/aromatic N) is 2. The maximum absolute atomic E-state index is 13.2. The first-order chi connectivity index (χ1) is 18.9. The molecule has 0 saturated heterocycles. The summed E-state index contributed by atoms with van der Waals surface area (Å²) in [5, 5.41) is 7.65. The Morgan fingerprint density at radius 1 is 1.15 bits per heavy atom. The fraction of sp³-hybridized carbons (Fsp3) is 0.333. The van der Waals surface area contributed by atoms with Gasteiger partial charge < -0.3 is 15.8 Å². The van der Waals surface area contributed by atoms with Gasteiger partial charge in [-0.2, -0.15) is 18.3 Å². The molecule has 0 aliphatic rings. The van der Waals surface area contributed by atoms with Crippen LogP contribution in [0.5, 0.6) is 0 Å². The van der Waals surface area contributed by atoms with Gasteiger partial charge >= 0.3 is 6.18 Å². The van der Waals surface area contributed by atoms with Crippen LogP contribution in [0.4, 0.5) is 13.2 Å². The van der Waals surface area contributed by atoms with Gasteiger partial charge in [0.05, 0.1) is 23.0 Å². The van der Waals surface area contributed by atoms with Crippen molar-refractivity contribution in [1.29, 1.82) is 0 Å². The number of hydrogen-bond acceptors (Lipinski definition) is 6. The fourth-order valence-electron chi connectivity index (χ4n) is 3.56. The van der Waals surface area contributed by atoms with Crippen LogP contribution in [0.2, 0.25) is 10.0 Å². The summed E-state index contributed by atoms with van der Waals surface area (Å²) in [6, 6.07) is 8.75. The SMILES string of the molecule is CC(C)(C)NC(=O)c1nn(-c2ccc(C#CCOC[C@@H](N)C(F)(F)F)cc2Cl)c(-c2ccc(Cl)cc2)c1S(C)(=O)=O. The summed E-state index contributed by atoms with van der Waals surface area (Å²) >= 11 is 12.6. The Morgan fingerprint density at radius 2 is 1.78 bits per heavy atom. The van der Waals surface area contributed by atoms with Crippen molar-refractivity contribution in [3.63, 3.8) is 0 Å². The smallest absolute Gasteiger partial charge is 0.367 e. The van der Waals surface area contributed by atoms with E-state index in [1.807, 2.05) is 0 Å². The summed E-state index contributed by atoms with van der Waals surface area (Å²) in [5.74, 6) is 4.62. The van der Waals surface area contributed by atoms with Crippen molar-refractivity contribution in [2.24, 2.45) is 5.73 Å². The Morgan fingerprint density at radius 3 is 2.32 bits per heavy atom. The van der Waals surface area contributed by atoms with E-state index in [0.29, 0.717) is 16.1 Å². The predicted octanol–water partition coefficient (Wildman–Crippen LogP) is 5.04. The summed E-state index contributed by atoms with van der Waals surface area (Å²) in [4.78, 5) is 12.9. The molecule has 2 aromatic carbocycles. The van der Waals surface area contributed by atoms with E-state index in [1.54, 1.807) is 51.1 Å². The van der Waals surface area contributed by atoms with Crippen molar-refractivity contribution in [2.45, 2.75) is 43.4 Å². The number of halogens is 5. The molecule has 8 nitrogen and oxygen atoms in total. The molecule has 0 saturated carbocycles. The largest absolute Gasteiger partial charge is 0.405 e. The Balaban J connectivity index is 2.08. The number of alkyl halides is 3. The Labute approximate surface area is 245 Å². The number of nitrogens with two attached hydrogens (primary N) is 1. The Kier molecular flexibility index (Phi) is 9.83. The molecule has 0 spiro atoms. The lowest BCUT2D eigenvalue weighted by atomic mass is 10.1. The quantitative estimate of drug-likeness (QED) is 0.279. The molecule has 0 aliphatic heterocycles. The second-order valence-electron chi connectivity index (χ2n) is 10.1. The van der Waals surface area contributed by atoms with Crippen LogP contribution >= 0.6 is 23.2 Å². The molecular formula is C27H27Cl2F3N4O4S. The molecule has 1 heterocycles. The van der Waals surface area contributed by atoms with Crippen molar-refractivity contribution >= 4 is 38.9 Å². The number of carbonyl (C=O) groups is 1. The van der Waals surface area contributed by atoms with E-state index in [4.69, 9.17) is 33.7 Å². The van der Waals surface area contributed by atoms with Crippen LogP contribution in [0, 0.1) is 11.8 Å². The number of sulfone groups is 1. The number of nitrogens with one attached hydrogen (secondary N) is 1. The van der Waals surface area contributed by atoms with Crippen LogP contribution in [-0.2, 0) is 14.6 Å². The Hall–Kier alpha value is -3.08. The third-order valence-electron chi connectivity index (χ3n) is 5.33. The van der Waals surface area contributed by atoms with Crippen LogP contribution in [0.1, 0.15) is 36.8 Å². The van der Waals surface area contributed by atoms with Gasteiger partial charge in [0.25, 0.3) is 5.91 Å². The first kappa shape index (κ1) is 32.4. The zero-order chi connectivity index (χ0) is 30.8. The lowest BCUT2D eigenvalue weighted by Crippen LogP contribution is -2.41. The zero-order valence-corrected chi connectivity index (χ0v) is 24.8. The summed E-state index contributed by atoms with van der Waals surface area (Å²) in [6.45, 7) is 4.20. The van der Waals surface area contributed by atoms with Gasteiger partial charge in [-0.05, 0) is 51.1 Å². The minimum Gasteiger partial charge on any atom is -0.367 e. The van der Waals surface area contributed by atoms with Gasteiger partial charge in [-0.25, -0.2) is 13.1 Å². The van der Waals surface area contributed by atoms with Crippen LogP contribution < -0.4 is 11.1 Å². The lowest BCUT2D eigenvalue weighted by Gasteiger charge is -2.19. The van der Waals surface area contributed by atoms with Gasteiger partial charge in [0, 0.05) is 27.9 Å². The number of rotatable bonds is 7. The normalized spacial score (nSPS) is 12.9. The molecule has 14 heteroatoms. The molecule has 41 heavy (non-hydrogen) atoms. The monoisotopic (exact) mass is 630 g/mol. The summed E-state index contributed by atoms with van der Waals surface area (Å²) < 4.78 is 69.7. The summed E-state index contributed by atoms with van der Waals surface area (Å²) in [6.07, 6.45) is -3.59. The number of carbonyl (C=O) groups excluding carboxylic acids is 1. The van der Waals surface area contributed by atoms with Crippen LogP contribution in [-0.4, -0.2) is 61.3 Å². The van der Waals surface area contributed by atoms with Gasteiger partial charge in [0.1, 0.15) is 17.5 Å². The molecule has 0 radical (unpaired) electrons. The molecule has 3 aromatic rings. The van der Waals surface area contributed by atoms with Crippen LogP contribution in [0.25, 0.3) is 16.9 Å². The topological polar surface area (TPSA) is 116 Å². The third-order valence-corrected chi connectivity index (χ3v) is 7.02. The molecule has 0 aliphatic carbocycles. The highest BCUT2D eigenvalue weighted by Crippen LogP contribution is 2.35. The molecule has 1 aromatic heterocycles. The first-order valence-electron chi connectivity index (χ1n) is 12.0. The number of hydrogen-bond donors (Lipinski definition) is 2. The Bertz CT molecular complexity index is 1600. The number of aromatic nitrogens is 2. The molecule has 0 bridgehead atoms. The fourth-order valence-corrected chi connectivity index (χ4v) is 4.99. The van der Waals surface area contributed by atoms with Crippen LogP contribution in [0.3, 0.4) is 0 Å². The van der Waals surface area contributed by atoms with Crippen molar-refractivity contribution in [1.82, 2.24) is 15.1 Å². The van der Waals surface area contributed by atoms with Gasteiger partial charge in [0.2, 0.25) is 0 Å². The average Bonchev–Trinajstić information content (AvgIpc) is 3.24. The summed E-state index contributed by atoms with van der Waals surface area (Å²) in [5.41, 5.74) is 5.14. The number of benzene rings is 2. The predicted molar refractivity (Wildman–Crippen MR) is 151 cm³/mol. The van der Waals surface area contributed by atoms with E-state index >= 15 is 0 Å². The minimum absolute atomic E-state index is 0.0957. The molecule has 3 rings (SSSR count). The second kappa shape index (κ2) is 12.4. The molecule has 1 amide bonds. The average molecular weight is 632 g/mol. The van der Waals surface area contributed by atoms with Crippen molar-refractivity contribution in [2.75, 3.05) is 19.5 Å². The standard InChI is InChI=1S/C27H27Cl2F3N4O4S/c1-26(2,3)34-25(37)22-24(41(4,38)39)23(17-8-10-18(28)11-9-17)36(35-22)20-12-7-16(14-19(20)29)6-5-13-40-15-21(33)27(30,31)32/h7-12,14,21H,13,15,33H2,1-4H3,(H,34,37)/t21-/m1/s1. The van der Waals surface area contributed by atoms with Crippen LogP contribution in [0.15, 0.2) is 47.4 Å². The van der Waals surface area contributed by atoms with E-state index in [2.05, 4.69) is 22.3 Å². The van der Waals surface area contributed by atoms with E-state index < -0.39 is 40.1 Å². The number of amides is 1. The second-order valence-corrected chi connectivity index (χ2v) is 12.8. The maximum Gasteiger partial charge on any atom is 0.405 e. The van der Waals surface area contributed by atoms with Gasteiger partial charge in [-0.3, -0.25) is 4.79 Å². The highest BCUT2D eigenvalue weighted by molar-refractivity contribution is 7.91. The minimum atomic E-state index is -4.57. The highest BCUT2D eigenvalue weighted by atomic mass is 35.5. The molecule has 220 valence electrons. The molecular weight excluding hydrogens is 604 g/mol. The van der Waals surface area contributed by atoms with Crippen molar-refractivity contribution < 1.29 is 31.1 Å². The van der Waals surface area contributed by atoms with Gasteiger partial charge in [0.15, 0.2) is 15.5 Å². The maximum atomic E-state index is 13.2. The lowest BCUT2D eigenvalue weighted by molar-refractivity contribution is -0.158. The molecule has 0 unspecified atom stereocenters. The third kappa shape index (κ3) is 8.47. The molecule has 0 fully saturated rings. The number of ether oxygens (including phenoxy) is 1.